The minimum absolute atomic E-state index is 0.305. The highest BCUT2D eigenvalue weighted by Crippen LogP contribution is 2.10. The standard InChI is InChI=1S/C15H21N5O2/c1-22-15(21)14-4-2-13(3-5-14)12-20-10-8-19(9-11-20)7-6-17-18-16/h2-5H,6-12H2,1H3. The molecule has 1 heterocycles. The molecule has 0 aromatic heterocycles. The topological polar surface area (TPSA) is 81.5 Å². The predicted molar refractivity (Wildman–Crippen MR) is 83.5 cm³/mol. The van der Waals surface area contributed by atoms with Crippen molar-refractivity contribution < 1.29 is 9.53 Å². The summed E-state index contributed by atoms with van der Waals surface area (Å²) in [7, 11) is 1.39. The zero-order valence-corrected chi connectivity index (χ0v) is 12.8. The van der Waals surface area contributed by atoms with E-state index in [4.69, 9.17) is 10.3 Å². The van der Waals surface area contributed by atoms with E-state index < -0.39 is 0 Å². The quantitative estimate of drug-likeness (QED) is 0.348. The van der Waals surface area contributed by atoms with Crippen LogP contribution in [0.1, 0.15) is 15.9 Å². The smallest absolute Gasteiger partial charge is 0.337 e. The van der Waals surface area contributed by atoms with Gasteiger partial charge >= 0.3 is 5.97 Å². The summed E-state index contributed by atoms with van der Waals surface area (Å²) in [4.78, 5) is 18.9. The summed E-state index contributed by atoms with van der Waals surface area (Å²) in [5.74, 6) is -0.305. The lowest BCUT2D eigenvalue weighted by molar-refractivity contribution is 0.0600. The number of carbonyl (C=O) groups is 1. The number of carbonyl (C=O) groups excluding carboxylic acids is 1. The SMILES string of the molecule is COC(=O)c1ccc(CN2CCN(CCN=[N+]=[N-])CC2)cc1. The first kappa shape index (κ1) is 16.3. The molecule has 0 saturated carbocycles. The average molecular weight is 303 g/mol. The van der Waals surface area contributed by atoms with Crippen molar-refractivity contribution in [3.05, 3.63) is 45.8 Å². The van der Waals surface area contributed by atoms with Crippen LogP contribution in [0.3, 0.4) is 0 Å². The maximum absolute atomic E-state index is 11.4. The summed E-state index contributed by atoms with van der Waals surface area (Å²) in [5.41, 5.74) is 10.0. The number of benzene rings is 1. The molecule has 22 heavy (non-hydrogen) atoms. The number of hydrogen-bond donors (Lipinski definition) is 0. The summed E-state index contributed by atoms with van der Waals surface area (Å²) in [6.07, 6.45) is 0. The lowest BCUT2D eigenvalue weighted by Gasteiger charge is -2.34. The van der Waals surface area contributed by atoms with Gasteiger partial charge in [-0.15, -0.1) is 0 Å². The molecule has 1 saturated heterocycles. The lowest BCUT2D eigenvalue weighted by atomic mass is 10.1. The van der Waals surface area contributed by atoms with Crippen LogP contribution in [0.4, 0.5) is 0 Å². The van der Waals surface area contributed by atoms with Crippen LogP contribution < -0.4 is 0 Å². The number of methoxy groups -OCH3 is 1. The molecule has 118 valence electrons. The minimum Gasteiger partial charge on any atom is -0.465 e. The Morgan fingerprint density at radius 3 is 2.45 bits per heavy atom. The highest BCUT2D eigenvalue weighted by Gasteiger charge is 2.16. The number of ether oxygens (including phenoxy) is 1. The van der Waals surface area contributed by atoms with E-state index in [9.17, 15) is 4.79 Å². The molecule has 2 rings (SSSR count). The van der Waals surface area contributed by atoms with Crippen LogP contribution in [0.5, 0.6) is 0 Å². The molecule has 1 aliphatic heterocycles. The van der Waals surface area contributed by atoms with Gasteiger partial charge in [-0.2, -0.15) is 0 Å². The van der Waals surface area contributed by atoms with Crippen molar-refractivity contribution in [1.82, 2.24) is 9.80 Å². The van der Waals surface area contributed by atoms with Gasteiger partial charge in [-0.1, -0.05) is 17.2 Å². The van der Waals surface area contributed by atoms with E-state index in [1.807, 2.05) is 12.1 Å². The number of azide groups is 1. The van der Waals surface area contributed by atoms with E-state index in [0.717, 1.165) is 39.3 Å². The second kappa shape index (κ2) is 8.38. The Morgan fingerprint density at radius 2 is 1.86 bits per heavy atom. The van der Waals surface area contributed by atoms with Gasteiger partial charge in [-0.05, 0) is 23.2 Å². The second-order valence-electron chi connectivity index (χ2n) is 5.26. The van der Waals surface area contributed by atoms with Crippen molar-refractivity contribution in [2.75, 3.05) is 46.4 Å². The molecule has 1 fully saturated rings. The Morgan fingerprint density at radius 1 is 1.23 bits per heavy atom. The van der Waals surface area contributed by atoms with Crippen molar-refractivity contribution in [1.29, 1.82) is 0 Å². The molecule has 7 nitrogen and oxygen atoms in total. The van der Waals surface area contributed by atoms with E-state index in [1.165, 1.54) is 12.7 Å². The Labute approximate surface area is 130 Å². The van der Waals surface area contributed by atoms with Gasteiger partial charge in [0.05, 0.1) is 12.7 Å². The number of esters is 1. The Kier molecular flexibility index (Phi) is 6.21. The molecule has 0 atom stereocenters. The number of nitrogens with zero attached hydrogens (tertiary/aromatic N) is 5. The van der Waals surface area contributed by atoms with Crippen LogP contribution in [0.25, 0.3) is 10.4 Å². The second-order valence-corrected chi connectivity index (χ2v) is 5.26. The Balaban J connectivity index is 1.78. The summed E-state index contributed by atoms with van der Waals surface area (Å²) >= 11 is 0. The molecule has 0 spiro atoms. The maximum Gasteiger partial charge on any atom is 0.337 e. The average Bonchev–Trinajstić information content (AvgIpc) is 2.57. The van der Waals surface area contributed by atoms with Gasteiger partial charge in [0.15, 0.2) is 0 Å². The van der Waals surface area contributed by atoms with Crippen LogP contribution in [0.2, 0.25) is 0 Å². The van der Waals surface area contributed by atoms with Gasteiger partial charge < -0.3 is 9.64 Å². The fourth-order valence-electron chi connectivity index (χ4n) is 2.52. The molecule has 0 unspecified atom stereocenters. The predicted octanol–water partition coefficient (Wildman–Crippen LogP) is 1.90. The number of piperazine rings is 1. The van der Waals surface area contributed by atoms with Crippen molar-refractivity contribution in [2.24, 2.45) is 5.11 Å². The van der Waals surface area contributed by atoms with Crippen LogP contribution in [-0.2, 0) is 11.3 Å². The fraction of sp³-hybridized carbons (Fsp3) is 0.533. The van der Waals surface area contributed by atoms with Crippen LogP contribution in [0, 0.1) is 0 Å². The van der Waals surface area contributed by atoms with Gasteiger partial charge in [0, 0.05) is 50.7 Å². The van der Waals surface area contributed by atoms with Gasteiger partial charge in [-0.25, -0.2) is 4.79 Å². The first-order valence-electron chi connectivity index (χ1n) is 7.36. The van der Waals surface area contributed by atoms with E-state index in [-0.39, 0.29) is 5.97 Å². The zero-order valence-electron chi connectivity index (χ0n) is 12.8. The fourth-order valence-corrected chi connectivity index (χ4v) is 2.52. The minimum atomic E-state index is -0.305. The highest BCUT2D eigenvalue weighted by molar-refractivity contribution is 5.89. The third-order valence-electron chi connectivity index (χ3n) is 3.83. The molecule has 0 bridgehead atoms. The van der Waals surface area contributed by atoms with E-state index >= 15 is 0 Å². The lowest BCUT2D eigenvalue weighted by Crippen LogP contribution is -2.46. The highest BCUT2D eigenvalue weighted by atomic mass is 16.5. The summed E-state index contributed by atoms with van der Waals surface area (Å²) in [6.45, 7) is 6.20. The molecule has 1 aliphatic rings. The molecule has 1 aromatic carbocycles. The normalized spacial score (nSPS) is 16.0. The van der Waals surface area contributed by atoms with Gasteiger partial charge in [0.2, 0.25) is 0 Å². The van der Waals surface area contributed by atoms with Crippen molar-refractivity contribution in [2.45, 2.75) is 6.54 Å². The summed E-state index contributed by atoms with van der Waals surface area (Å²) < 4.78 is 4.69. The van der Waals surface area contributed by atoms with Crippen LogP contribution in [-0.4, -0.2) is 62.1 Å². The molecule has 0 amide bonds. The van der Waals surface area contributed by atoms with Gasteiger partial charge in [0.25, 0.3) is 0 Å². The molecule has 0 N–H and O–H groups in total. The zero-order chi connectivity index (χ0) is 15.8. The molecule has 0 radical (unpaired) electrons. The molecule has 7 heteroatoms. The van der Waals surface area contributed by atoms with E-state index in [1.54, 1.807) is 12.1 Å². The summed E-state index contributed by atoms with van der Waals surface area (Å²) in [5, 5.41) is 3.57. The van der Waals surface area contributed by atoms with Crippen molar-refractivity contribution in [3.63, 3.8) is 0 Å². The van der Waals surface area contributed by atoms with Crippen LogP contribution >= 0.6 is 0 Å². The van der Waals surface area contributed by atoms with Crippen molar-refractivity contribution in [3.8, 4) is 0 Å². The van der Waals surface area contributed by atoms with Crippen molar-refractivity contribution >= 4 is 5.97 Å². The largest absolute Gasteiger partial charge is 0.465 e. The Bertz CT molecular complexity index is 531. The van der Waals surface area contributed by atoms with E-state index in [2.05, 4.69) is 19.8 Å². The molecular formula is C15H21N5O2. The van der Waals surface area contributed by atoms with E-state index in [0.29, 0.717) is 12.1 Å². The molecular weight excluding hydrogens is 282 g/mol. The Hall–Kier alpha value is -2.08. The first-order valence-corrected chi connectivity index (χ1v) is 7.36. The monoisotopic (exact) mass is 303 g/mol. The number of hydrogen-bond acceptors (Lipinski definition) is 5. The molecule has 0 aliphatic carbocycles. The molecule has 1 aromatic rings. The van der Waals surface area contributed by atoms with Gasteiger partial charge in [-0.3, -0.25) is 4.90 Å². The van der Waals surface area contributed by atoms with Gasteiger partial charge in [0.1, 0.15) is 0 Å². The maximum atomic E-state index is 11.4. The third-order valence-corrected chi connectivity index (χ3v) is 3.83. The third kappa shape index (κ3) is 4.73. The van der Waals surface area contributed by atoms with Crippen LogP contribution in [0.15, 0.2) is 29.4 Å². The first-order chi connectivity index (χ1) is 10.7. The number of rotatable bonds is 6. The summed E-state index contributed by atoms with van der Waals surface area (Å²) in [6, 6.07) is 7.55.